The number of halogens is 2. The van der Waals surface area contributed by atoms with Crippen molar-refractivity contribution in [3.8, 4) is 17.2 Å². The van der Waals surface area contributed by atoms with Gasteiger partial charge >= 0.3 is 0 Å². The van der Waals surface area contributed by atoms with Crippen molar-refractivity contribution in [3.63, 3.8) is 0 Å². The van der Waals surface area contributed by atoms with E-state index in [2.05, 4.69) is 20.4 Å². The summed E-state index contributed by atoms with van der Waals surface area (Å²) in [4.78, 5) is 22.8. The van der Waals surface area contributed by atoms with Crippen LogP contribution in [0.2, 0.25) is 0 Å². The average Bonchev–Trinajstić information content (AvgIpc) is 3.19. The summed E-state index contributed by atoms with van der Waals surface area (Å²) in [5, 5.41) is 6.90. The Morgan fingerprint density at radius 2 is 2.19 bits per heavy atom. The summed E-state index contributed by atoms with van der Waals surface area (Å²) in [7, 11) is 3.44. The van der Waals surface area contributed by atoms with Crippen LogP contribution in [-0.2, 0) is 13.1 Å². The van der Waals surface area contributed by atoms with Crippen LogP contribution in [-0.4, -0.2) is 44.6 Å². The molecule has 0 atom stereocenters. The van der Waals surface area contributed by atoms with Crippen LogP contribution >= 0.6 is 12.4 Å². The Hall–Kier alpha value is -2.78. The highest BCUT2D eigenvalue weighted by Gasteiger charge is 2.28. The number of hydrogen-bond donors (Lipinski definition) is 1. The maximum Gasteiger partial charge on any atom is 0.256 e. The number of carbonyl (C=O) groups is 1. The first-order valence-electron chi connectivity index (χ1n) is 7.67. The summed E-state index contributed by atoms with van der Waals surface area (Å²) < 4.78 is 20.6. The van der Waals surface area contributed by atoms with Crippen LogP contribution in [0.25, 0.3) is 17.2 Å². The molecule has 26 heavy (non-hydrogen) atoms. The molecule has 4 rings (SSSR count). The lowest BCUT2D eigenvalue weighted by atomic mass is 10.1. The van der Waals surface area contributed by atoms with Crippen LogP contribution in [0.3, 0.4) is 0 Å². The monoisotopic (exact) mass is 378 g/mol. The molecule has 0 aliphatic carbocycles. The Balaban J connectivity index is 0.00000196. The van der Waals surface area contributed by atoms with E-state index in [9.17, 15) is 9.18 Å². The molecule has 10 heteroatoms. The molecule has 1 amide bonds. The number of benzene rings is 1. The number of amides is 1. The fourth-order valence-electron chi connectivity index (χ4n) is 2.89. The van der Waals surface area contributed by atoms with Gasteiger partial charge in [0.05, 0.1) is 30.0 Å². The summed E-state index contributed by atoms with van der Waals surface area (Å²) in [6.45, 7) is 0.740. The van der Waals surface area contributed by atoms with E-state index in [0.29, 0.717) is 36.2 Å². The van der Waals surface area contributed by atoms with Gasteiger partial charge in [-0.1, -0.05) is 5.16 Å². The summed E-state index contributed by atoms with van der Waals surface area (Å²) in [5.74, 6) is 0.0810. The molecule has 0 bridgehead atoms. The van der Waals surface area contributed by atoms with Gasteiger partial charge < -0.3 is 14.7 Å². The minimum atomic E-state index is -0.459. The zero-order valence-electron chi connectivity index (χ0n) is 14.1. The Bertz CT molecular complexity index is 970. The molecule has 3 aromatic rings. The van der Waals surface area contributed by atoms with Gasteiger partial charge in [-0.25, -0.2) is 9.37 Å². The first kappa shape index (κ1) is 18.0. The van der Waals surface area contributed by atoms with Crippen LogP contribution in [0.4, 0.5) is 4.39 Å². The van der Waals surface area contributed by atoms with Gasteiger partial charge in [0.15, 0.2) is 0 Å². The molecule has 0 spiro atoms. The molecule has 8 nitrogen and oxygen atoms in total. The Morgan fingerprint density at radius 3 is 2.96 bits per heavy atom. The van der Waals surface area contributed by atoms with Crippen molar-refractivity contribution in [3.05, 3.63) is 47.5 Å². The third kappa shape index (κ3) is 2.85. The smallest absolute Gasteiger partial charge is 0.256 e. The molecule has 3 heterocycles. The van der Waals surface area contributed by atoms with E-state index in [4.69, 9.17) is 4.52 Å². The topological polar surface area (TPSA) is 89.1 Å². The number of carbonyl (C=O) groups excluding carboxylic acids is 1. The average molecular weight is 379 g/mol. The normalized spacial score (nSPS) is 13.0. The lowest BCUT2D eigenvalue weighted by Gasteiger charge is -2.14. The quantitative estimate of drug-likeness (QED) is 0.747. The van der Waals surface area contributed by atoms with E-state index in [1.807, 2.05) is 0 Å². The van der Waals surface area contributed by atoms with Crippen LogP contribution < -0.4 is 5.32 Å². The number of hydrogen-bond acceptors (Lipinski definition) is 6. The second kappa shape index (κ2) is 6.85. The molecule has 1 aliphatic heterocycles. The van der Waals surface area contributed by atoms with E-state index in [1.165, 1.54) is 17.0 Å². The van der Waals surface area contributed by atoms with Gasteiger partial charge in [0, 0.05) is 7.05 Å². The molecule has 0 unspecified atom stereocenters. The highest BCUT2D eigenvalue weighted by Crippen LogP contribution is 2.29. The number of fused-ring (bicyclic) bond motifs is 3. The molecular formula is C16H16ClFN6O2. The number of nitrogens with one attached hydrogen (secondary N) is 1. The van der Waals surface area contributed by atoms with Gasteiger partial charge in [-0.05, 0) is 25.2 Å². The van der Waals surface area contributed by atoms with E-state index in [0.717, 1.165) is 5.69 Å². The number of aromatic nitrogens is 4. The fraction of sp³-hybridized carbons (Fsp3) is 0.250. The fourth-order valence-corrected chi connectivity index (χ4v) is 2.89. The van der Waals surface area contributed by atoms with Crippen LogP contribution in [0, 0.1) is 5.82 Å². The van der Waals surface area contributed by atoms with E-state index in [-0.39, 0.29) is 23.9 Å². The molecule has 2 aromatic heterocycles. The highest BCUT2D eigenvalue weighted by molar-refractivity contribution is 5.98. The van der Waals surface area contributed by atoms with Gasteiger partial charge in [0.25, 0.3) is 5.91 Å². The van der Waals surface area contributed by atoms with Crippen molar-refractivity contribution in [2.45, 2.75) is 13.1 Å². The van der Waals surface area contributed by atoms with Crippen molar-refractivity contribution >= 4 is 18.3 Å². The minimum absolute atomic E-state index is 0. The van der Waals surface area contributed by atoms with Crippen molar-refractivity contribution in [2.75, 3.05) is 14.1 Å². The minimum Gasteiger partial charge on any atom is -0.337 e. The van der Waals surface area contributed by atoms with Crippen molar-refractivity contribution in [1.29, 1.82) is 0 Å². The van der Waals surface area contributed by atoms with Crippen LogP contribution in [0.15, 0.2) is 29.0 Å². The second-order valence-corrected chi connectivity index (χ2v) is 5.77. The summed E-state index contributed by atoms with van der Waals surface area (Å²) >= 11 is 0. The molecule has 0 saturated carbocycles. The molecular weight excluding hydrogens is 363 g/mol. The molecule has 136 valence electrons. The maximum absolute atomic E-state index is 13.6. The molecule has 0 saturated heterocycles. The van der Waals surface area contributed by atoms with Crippen molar-refractivity contribution in [2.24, 2.45) is 0 Å². The third-order valence-corrected chi connectivity index (χ3v) is 4.06. The lowest BCUT2D eigenvalue weighted by molar-refractivity contribution is 0.0787. The predicted octanol–water partition coefficient (Wildman–Crippen LogP) is 1.79. The molecule has 0 fully saturated rings. The van der Waals surface area contributed by atoms with Gasteiger partial charge in [0.2, 0.25) is 11.7 Å². The highest BCUT2D eigenvalue weighted by atomic mass is 35.5. The summed E-state index contributed by atoms with van der Waals surface area (Å²) in [6.07, 6.45) is 1.59. The standard InChI is InChI=1S/C16H15FN6O2.ClH/c1-18-6-13-20-15(21-25-13)14-12-7-22(2)16(24)10-5-9(17)3-4-11(10)23(12)8-19-14;/h3-5,8,18H,6-7H2,1-2H3;1H. The Kier molecular flexibility index (Phi) is 4.75. The van der Waals surface area contributed by atoms with Crippen LogP contribution in [0.5, 0.6) is 0 Å². The zero-order chi connectivity index (χ0) is 17.6. The Morgan fingerprint density at radius 1 is 1.38 bits per heavy atom. The first-order chi connectivity index (χ1) is 12.1. The molecule has 1 N–H and O–H groups in total. The second-order valence-electron chi connectivity index (χ2n) is 5.77. The number of rotatable bonds is 3. The molecule has 0 radical (unpaired) electrons. The largest absolute Gasteiger partial charge is 0.337 e. The molecule has 1 aliphatic rings. The zero-order valence-corrected chi connectivity index (χ0v) is 14.9. The van der Waals surface area contributed by atoms with Gasteiger partial charge in [-0.2, -0.15) is 4.98 Å². The SMILES string of the molecule is CNCc1nc(-c2ncn3c2CN(C)C(=O)c2cc(F)ccc2-3)no1.Cl. The lowest BCUT2D eigenvalue weighted by Crippen LogP contribution is -2.25. The predicted molar refractivity (Wildman–Crippen MR) is 92.6 cm³/mol. The van der Waals surface area contributed by atoms with Gasteiger partial charge in [-0.3, -0.25) is 9.36 Å². The summed E-state index contributed by atoms with van der Waals surface area (Å²) in [5.41, 5.74) is 2.12. The van der Waals surface area contributed by atoms with Crippen LogP contribution in [0.1, 0.15) is 21.9 Å². The summed E-state index contributed by atoms with van der Waals surface area (Å²) in [6, 6.07) is 4.13. The van der Waals surface area contributed by atoms with E-state index in [1.54, 1.807) is 31.1 Å². The number of imidazole rings is 1. The molecule has 1 aromatic carbocycles. The number of nitrogens with zero attached hydrogens (tertiary/aromatic N) is 5. The third-order valence-electron chi connectivity index (χ3n) is 4.06. The van der Waals surface area contributed by atoms with E-state index >= 15 is 0 Å². The van der Waals surface area contributed by atoms with E-state index < -0.39 is 5.82 Å². The maximum atomic E-state index is 13.6. The first-order valence-corrected chi connectivity index (χ1v) is 7.67. The Labute approximate surface area is 154 Å². The van der Waals surface area contributed by atoms with Crippen molar-refractivity contribution in [1.82, 2.24) is 29.9 Å². The van der Waals surface area contributed by atoms with Crippen molar-refractivity contribution < 1.29 is 13.7 Å². The van der Waals surface area contributed by atoms with Gasteiger partial charge in [0.1, 0.15) is 17.8 Å². The van der Waals surface area contributed by atoms with Gasteiger partial charge in [-0.15, -0.1) is 12.4 Å².